The largest absolute Gasteiger partial charge is 0.352 e. The molecule has 7 heteroatoms. The number of rotatable bonds is 8. The molecule has 2 rings (SSSR count). The molecule has 0 aromatic heterocycles. The highest BCUT2D eigenvalue weighted by Gasteiger charge is 2.09. The minimum absolute atomic E-state index is 0.0231. The van der Waals surface area contributed by atoms with Gasteiger partial charge in [0.15, 0.2) is 0 Å². The Morgan fingerprint density at radius 3 is 2.64 bits per heavy atom. The van der Waals surface area contributed by atoms with Gasteiger partial charge in [0, 0.05) is 35.2 Å². The topological polar surface area (TPSA) is 72.2 Å². The van der Waals surface area contributed by atoms with Crippen LogP contribution in [0.25, 0.3) is 6.08 Å². The summed E-state index contributed by atoms with van der Waals surface area (Å²) in [6.07, 6.45) is 2.76. The van der Waals surface area contributed by atoms with E-state index in [1.807, 2.05) is 24.3 Å². The van der Waals surface area contributed by atoms with E-state index in [0.29, 0.717) is 17.1 Å². The van der Waals surface area contributed by atoms with Crippen LogP contribution in [-0.2, 0) is 10.5 Å². The van der Waals surface area contributed by atoms with E-state index >= 15 is 0 Å². The quantitative estimate of drug-likeness (QED) is 0.322. The lowest BCUT2D eigenvalue weighted by atomic mass is 10.1. The number of hydrogen-bond acceptors (Lipinski definition) is 4. The Hall–Kier alpha value is -2.31. The van der Waals surface area contributed by atoms with Crippen LogP contribution in [0, 0.1) is 10.1 Å². The van der Waals surface area contributed by atoms with Gasteiger partial charge in [0.05, 0.1) is 10.5 Å². The average molecular weight is 377 g/mol. The SMILES string of the molecule is O=C(/C=C/c1ccccc1[N+](=O)[O-])NCCSCc1ccc(Cl)cc1. The summed E-state index contributed by atoms with van der Waals surface area (Å²) in [4.78, 5) is 22.2. The van der Waals surface area contributed by atoms with Crippen molar-refractivity contribution in [1.82, 2.24) is 5.32 Å². The number of nitro benzene ring substituents is 1. The van der Waals surface area contributed by atoms with Crippen molar-refractivity contribution >= 4 is 41.0 Å². The lowest BCUT2D eigenvalue weighted by Gasteiger charge is -2.03. The fourth-order valence-corrected chi connectivity index (χ4v) is 2.98. The van der Waals surface area contributed by atoms with E-state index in [2.05, 4.69) is 5.32 Å². The fraction of sp³-hybridized carbons (Fsp3) is 0.167. The van der Waals surface area contributed by atoms with Crippen molar-refractivity contribution < 1.29 is 9.72 Å². The molecule has 2 aromatic rings. The number of nitro groups is 1. The molecule has 25 heavy (non-hydrogen) atoms. The van der Waals surface area contributed by atoms with Gasteiger partial charge in [-0.1, -0.05) is 35.9 Å². The summed E-state index contributed by atoms with van der Waals surface area (Å²) >= 11 is 7.54. The molecule has 0 aliphatic heterocycles. The number of nitrogens with one attached hydrogen (secondary N) is 1. The summed E-state index contributed by atoms with van der Waals surface area (Å²) in [5.41, 5.74) is 1.56. The lowest BCUT2D eigenvalue weighted by molar-refractivity contribution is -0.385. The van der Waals surface area contributed by atoms with Crippen molar-refractivity contribution in [2.45, 2.75) is 5.75 Å². The molecule has 2 aromatic carbocycles. The van der Waals surface area contributed by atoms with Crippen molar-refractivity contribution in [3.8, 4) is 0 Å². The molecular weight excluding hydrogens is 360 g/mol. The number of para-hydroxylation sites is 1. The lowest BCUT2D eigenvalue weighted by Crippen LogP contribution is -2.23. The van der Waals surface area contributed by atoms with Crippen LogP contribution in [-0.4, -0.2) is 23.1 Å². The second-order valence-corrected chi connectivity index (χ2v) is 6.66. The molecule has 0 unspecified atom stereocenters. The van der Waals surface area contributed by atoms with Crippen molar-refractivity contribution in [3.63, 3.8) is 0 Å². The zero-order valence-electron chi connectivity index (χ0n) is 13.4. The van der Waals surface area contributed by atoms with Gasteiger partial charge in [0.25, 0.3) is 5.69 Å². The van der Waals surface area contributed by atoms with Crippen LogP contribution in [0.2, 0.25) is 5.02 Å². The van der Waals surface area contributed by atoms with Gasteiger partial charge in [-0.3, -0.25) is 14.9 Å². The van der Waals surface area contributed by atoms with Crippen molar-refractivity contribution in [3.05, 3.63) is 80.9 Å². The first-order chi connectivity index (χ1) is 12.1. The van der Waals surface area contributed by atoms with Gasteiger partial charge in [-0.2, -0.15) is 11.8 Å². The molecule has 1 N–H and O–H groups in total. The molecule has 0 atom stereocenters. The average Bonchev–Trinajstić information content (AvgIpc) is 2.61. The van der Waals surface area contributed by atoms with Gasteiger partial charge < -0.3 is 5.32 Å². The third kappa shape index (κ3) is 6.60. The van der Waals surface area contributed by atoms with Crippen LogP contribution in [0.5, 0.6) is 0 Å². The predicted molar refractivity (Wildman–Crippen MR) is 103 cm³/mol. The molecule has 0 fully saturated rings. The highest BCUT2D eigenvalue weighted by atomic mass is 35.5. The first-order valence-electron chi connectivity index (χ1n) is 7.58. The fourth-order valence-electron chi connectivity index (χ4n) is 2.04. The number of halogens is 1. The second kappa shape index (κ2) is 9.86. The van der Waals surface area contributed by atoms with Gasteiger partial charge in [0.1, 0.15) is 0 Å². The maximum Gasteiger partial charge on any atom is 0.276 e. The van der Waals surface area contributed by atoms with Crippen molar-refractivity contribution in [2.24, 2.45) is 0 Å². The minimum atomic E-state index is -0.467. The summed E-state index contributed by atoms with van der Waals surface area (Å²) in [6, 6.07) is 14.0. The van der Waals surface area contributed by atoms with Gasteiger partial charge in [-0.15, -0.1) is 0 Å². The zero-order chi connectivity index (χ0) is 18.1. The Labute approximate surface area is 155 Å². The third-order valence-corrected chi connectivity index (χ3v) is 4.56. The number of carbonyl (C=O) groups excluding carboxylic acids is 1. The van der Waals surface area contributed by atoms with Gasteiger partial charge in [-0.25, -0.2) is 0 Å². The summed E-state index contributed by atoms with van der Waals surface area (Å²) in [7, 11) is 0. The maximum atomic E-state index is 11.8. The molecule has 0 bridgehead atoms. The number of nitrogens with zero attached hydrogens (tertiary/aromatic N) is 1. The normalized spacial score (nSPS) is 10.8. The second-order valence-electron chi connectivity index (χ2n) is 5.12. The van der Waals surface area contributed by atoms with Crippen molar-refractivity contribution in [2.75, 3.05) is 12.3 Å². The van der Waals surface area contributed by atoms with E-state index in [-0.39, 0.29) is 11.6 Å². The van der Waals surface area contributed by atoms with Crippen LogP contribution in [0.4, 0.5) is 5.69 Å². The van der Waals surface area contributed by atoms with Crippen LogP contribution >= 0.6 is 23.4 Å². The first-order valence-corrected chi connectivity index (χ1v) is 9.11. The zero-order valence-corrected chi connectivity index (χ0v) is 14.9. The van der Waals surface area contributed by atoms with E-state index in [9.17, 15) is 14.9 Å². The van der Waals surface area contributed by atoms with Gasteiger partial charge in [0.2, 0.25) is 5.91 Å². The van der Waals surface area contributed by atoms with Crippen LogP contribution < -0.4 is 5.32 Å². The van der Waals surface area contributed by atoms with Crippen LogP contribution in [0.3, 0.4) is 0 Å². The van der Waals surface area contributed by atoms with E-state index < -0.39 is 4.92 Å². The number of benzene rings is 2. The van der Waals surface area contributed by atoms with E-state index in [4.69, 9.17) is 11.6 Å². The smallest absolute Gasteiger partial charge is 0.276 e. The minimum Gasteiger partial charge on any atom is -0.352 e. The number of hydrogen-bond donors (Lipinski definition) is 1. The summed E-state index contributed by atoms with van der Waals surface area (Å²) in [6.45, 7) is 0.526. The maximum absolute atomic E-state index is 11.8. The molecule has 0 radical (unpaired) electrons. The molecule has 0 aliphatic rings. The summed E-state index contributed by atoms with van der Waals surface area (Å²) < 4.78 is 0. The Kier molecular flexibility index (Phi) is 7.50. The molecule has 5 nitrogen and oxygen atoms in total. The van der Waals surface area contributed by atoms with Crippen LogP contribution in [0.15, 0.2) is 54.6 Å². The summed E-state index contributed by atoms with van der Waals surface area (Å²) in [5, 5.41) is 14.4. The molecule has 0 heterocycles. The molecular formula is C18H17ClN2O3S. The predicted octanol–water partition coefficient (Wildman–Crippen LogP) is 4.31. The Morgan fingerprint density at radius 1 is 1.20 bits per heavy atom. The molecule has 0 spiro atoms. The number of amides is 1. The molecule has 1 amide bonds. The highest BCUT2D eigenvalue weighted by Crippen LogP contribution is 2.19. The molecule has 0 saturated heterocycles. The van der Waals surface area contributed by atoms with Crippen molar-refractivity contribution in [1.29, 1.82) is 0 Å². The number of thioether (sulfide) groups is 1. The van der Waals surface area contributed by atoms with Gasteiger partial charge >= 0.3 is 0 Å². The molecule has 0 aliphatic carbocycles. The van der Waals surface area contributed by atoms with E-state index in [0.717, 1.165) is 11.5 Å². The summed E-state index contributed by atoms with van der Waals surface area (Å²) in [5.74, 6) is 1.34. The monoisotopic (exact) mass is 376 g/mol. The molecule has 130 valence electrons. The Morgan fingerprint density at radius 2 is 1.92 bits per heavy atom. The van der Waals surface area contributed by atoms with E-state index in [1.165, 1.54) is 23.8 Å². The standard InChI is InChI=1S/C18H17ClN2O3S/c19-16-8-5-14(6-9-16)13-25-12-11-20-18(22)10-7-15-3-1-2-4-17(15)21(23)24/h1-10H,11-13H2,(H,20,22)/b10-7+. The van der Waals surface area contributed by atoms with Crippen LogP contribution in [0.1, 0.15) is 11.1 Å². The highest BCUT2D eigenvalue weighted by molar-refractivity contribution is 7.98. The molecule has 0 saturated carbocycles. The van der Waals surface area contributed by atoms with E-state index in [1.54, 1.807) is 30.0 Å². The Balaban J connectivity index is 1.72. The first kappa shape index (κ1) is 19.0. The number of carbonyl (C=O) groups is 1. The Bertz CT molecular complexity index is 763. The van der Waals surface area contributed by atoms with Gasteiger partial charge in [-0.05, 0) is 29.8 Å². The third-order valence-electron chi connectivity index (χ3n) is 3.28.